The molecule has 12 heteroatoms. The van der Waals surface area contributed by atoms with E-state index in [9.17, 15) is 33.3 Å². The van der Waals surface area contributed by atoms with Crippen molar-refractivity contribution in [3.63, 3.8) is 0 Å². The second-order valence-electron chi connectivity index (χ2n) is 6.80. The van der Waals surface area contributed by atoms with Gasteiger partial charge in [0, 0.05) is 10.1 Å². The molecule has 1 aliphatic rings. The first kappa shape index (κ1) is 25.2. The Morgan fingerprint density at radius 3 is 2.27 bits per heavy atom. The minimum atomic E-state index is -5.15. The summed E-state index contributed by atoms with van der Waals surface area (Å²) in [6, 6.07) is 5.28. The Kier molecular flexibility index (Phi) is 8.86. The van der Waals surface area contributed by atoms with Gasteiger partial charge in [-0.25, -0.2) is 0 Å². The highest BCUT2D eigenvalue weighted by atomic mass is 32.2. The number of amides is 1. The van der Waals surface area contributed by atoms with E-state index in [0.29, 0.717) is 10.5 Å². The molecule has 1 amide bonds. The Labute approximate surface area is 180 Å². The number of hydrogen-bond acceptors (Lipinski definition) is 8. The number of halogens is 3. The van der Waals surface area contributed by atoms with Gasteiger partial charge >= 0.3 is 12.1 Å². The Balaban J connectivity index is 2.29. The lowest BCUT2D eigenvalue weighted by molar-refractivity contribution is -0.207. The molecule has 2 rings (SSSR count). The molecule has 1 heterocycles. The number of hydrogen-bond donors (Lipinski definition) is 5. The van der Waals surface area contributed by atoms with E-state index in [1.165, 1.54) is 0 Å². The van der Waals surface area contributed by atoms with Crippen molar-refractivity contribution in [3.8, 4) is 0 Å². The lowest BCUT2D eigenvalue weighted by atomic mass is 9.93. The fourth-order valence-electron chi connectivity index (χ4n) is 3.03. The second-order valence-corrected chi connectivity index (χ2v) is 9.19. The first-order valence-corrected chi connectivity index (χ1v) is 11.1. The van der Waals surface area contributed by atoms with Crippen LogP contribution in [-0.2, 0) is 16.1 Å². The summed E-state index contributed by atoms with van der Waals surface area (Å²) in [5, 5.41) is 40.8. The number of carbonyl (C=O) groups is 1. The highest BCUT2D eigenvalue weighted by molar-refractivity contribution is 8.00. The van der Waals surface area contributed by atoms with Gasteiger partial charge in [-0.05, 0) is 24.0 Å². The minimum absolute atomic E-state index is 0.164. The van der Waals surface area contributed by atoms with Crippen LogP contribution < -0.4 is 5.32 Å². The van der Waals surface area contributed by atoms with E-state index in [4.69, 9.17) is 9.84 Å². The number of thioether (sulfide) groups is 2. The third-order valence-corrected chi connectivity index (χ3v) is 6.75. The van der Waals surface area contributed by atoms with Crippen molar-refractivity contribution in [2.45, 2.75) is 65.7 Å². The van der Waals surface area contributed by atoms with Crippen LogP contribution in [0, 0.1) is 0 Å². The first-order chi connectivity index (χ1) is 14.0. The molecule has 1 aromatic carbocycles. The SMILES string of the molecule is CS[C@H]1O[C@H]([C@H](NC(=O)C(F)(F)F)[C@H](C)Sc2ccc(CO)cc2)[C@H](O)[C@H](O)[C@H]1O. The van der Waals surface area contributed by atoms with Crippen molar-refractivity contribution in [2.75, 3.05) is 6.26 Å². The Hall–Kier alpha value is -1.02. The van der Waals surface area contributed by atoms with Crippen LogP contribution in [-0.4, -0.2) is 79.9 Å². The highest BCUT2D eigenvalue weighted by Crippen LogP contribution is 2.34. The van der Waals surface area contributed by atoms with Crippen LogP contribution in [0.15, 0.2) is 29.2 Å². The standard InChI is InChI=1S/C18H24F3NO6S2/c1-8(30-10-5-3-9(7-23)4-6-10)11(22-17(27)18(19,20)21)15-13(25)12(24)14(26)16(28-15)29-2/h3-6,8,11-16,23-26H,7H2,1-2H3,(H,22,27)/t8-,11+,12-,13+,14+,15+,16+/m0/s1. The second kappa shape index (κ2) is 10.5. The summed E-state index contributed by atoms with van der Waals surface area (Å²) in [4.78, 5) is 12.3. The number of aliphatic hydroxyl groups excluding tert-OH is 4. The van der Waals surface area contributed by atoms with E-state index >= 15 is 0 Å². The molecular formula is C18H24F3NO6S2. The van der Waals surface area contributed by atoms with Crippen molar-refractivity contribution in [1.82, 2.24) is 5.32 Å². The molecule has 0 unspecified atom stereocenters. The van der Waals surface area contributed by atoms with E-state index in [1.54, 1.807) is 37.4 Å². The average Bonchev–Trinajstić information content (AvgIpc) is 2.70. The van der Waals surface area contributed by atoms with E-state index in [2.05, 4.69) is 0 Å². The van der Waals surface area contributed by atoms with Gasteiger partial charge in [-0.15, -0.1) is 23.5 Å². The highest BCUT2D eigenvalue weighted by Gasteiger charge is 2.50. The molecule has 5 N–H and O–H groups in total. The minimum Gasteiger partial charge on any atom is -0.392 e. The number of rotatable bonds is 7. The van der Waals surface area contributed by atoms with Gasteiger partial charge in [0.15, 0.2) is 0 Å². The van der Waals surface area contributed by atoms with Gasteiger partial charge in [-0.3, -0.25) is 4.79 Å². The summed E-state index contributed by atoms with van der Waals surface area (Å²) in [5.74, 6) is -2.20. The van der Waals surface area contributed by atoms with Crippen LogP contribution in [0.4, 0.5) is 13.2 Å². The maximum Gasteiger partial charge on any atom is 0.471 e. The quantitative estimate of drug-likeness (QED) is 0.372. The van der Waals surface area contributed by atoms with Gasteiger partial charge in [-0.1, -0.05) is 19.1 Å². The van der Waals surface area contributed by atoms with Crippen molar-refractivity contribution in [1.29, 1.82) is 0 Å². The molecule has 170 valence electrons. The lowest BCUT2D eigenvalue weighted by Crippen LogP contribution is -2.65. The predicted molar refractivity (Wildman–Crippen MR) is 106 cm³/mol. The Morgan fingerprint density at radius 1 is 1.17 bits per heavy atom. The molecule has 0 bridgehead atoms. The fourth-order valence-corrected chi connectivity index (χ4v) is 4.80. The van der Waals surface area contributed by atoms with Gasteiger partial charge in [0.25, 0.3) is 0 Å². The van der Waals surface area contributed by atoms with Crippen LogP contribution in [0.3, 0.4) is 0 Å². The van der Waals surface area contributed by atoms with E-state index in [1.807, 2.05) is 5.32 Å². The molecule has 1 saturated heterocycles. The summed E-state index contributed by atoms with van der Waals surface area (Å²) in [6.45, 7) is 1.39. The van der Waals surface area contributed by atoms with Gasteiger partial charge in [0.1, 0.15) is 29.9 Å². The molecular weight excluding hydrogens is 447 g/mol. The van der Waals surface area contributed by atoms with Gasteiger partial charge in [-0.2, -0.15) is 13.2 Å². The molecule has 0 spiro atoms. The smallest absolute Gasteiger partial charge is 0.392 e. The Morgan fingerprint density at radius 2 is 1.77 bits per heavy atom. The van der Waals surface area contributed by atoms with Crippen LogP contribution in [0.25, 0.3) is 0 Å². The number of carbonyl (C=O) groups excluding carboxylic acids is 1. The van der Waals surface area contributed by atoms with Gasteiger partial charge in [0.2, 0.25) is 0 Å². The number of alkyl halides is 3. The van der Waals surface area contributed by atoms with Crippen LogP contribution in [0.5, 0.6) is 0 Å². The van der Waals surface area contributed by atoms with Gasteiger partial charge < -0.3 is 30.5 Å². The number of aliphatic hydroxyl groups is 4. The number of benzene rings is 1. The Bertz CT molecular complexity index is 706. The van der Waals surface area contributed by atoms with E-state index < -0.39 is 53.2 Å². The number of nitrogens with one attached hydrogen (secondary N) is 1. The topological polar surface area (TPSA) is 119 Å². The molecule has 7 atom stereocenters. The zero-order valence-electron chi connectivity index (χ0n) is 16.1. The monoisotopic (exact) mass is 471 g/mol. The molecule has 0 aliphatic carbocycles. The normalized spacial score (nSPS) is 29.3. The molecule has 1 aromatic rings. The summed E-state index contributed by atoms with van der Waals surface area (Å²) < 4.78 is 44.2. The summed E-state index contributed by atoms with van der Waals surface area (Å²) in [5.41, 5.74) is -0.348. The van der Waals surface area contributed by atoms with Gasteiger partial charge in [0.05, 0.1) is 12.6 Å². The molecule has 7 nitrogen and oxygen atoms in total. The molecule has 0 aromatic heterocycles. The molecule has 1 aliphatic heterocycles. The largest absolute Gasteiger partial charge is 0.471 e. The van der Waals surface area contributed by atoms with Crippen molar-refractivity contribution in [2.24, 2.45) is 0 Å². The van der Waals surface area contributed by atoms with Crippen LogP contribution in [0.2, 0.25) is 0 Å². The average molecular weight is 472 g/mol. The van der Waals surface area contributed by atoms with E-state index in [-0.39, 0.29) is 6.61 Å². The number of ether oxygens (including phenoxy) is 1. The van der Waals surface area contributed by atoms with Crippen molar-refractivity contribution >= 4 is 29.4 Å². The lowest BCUT2D eigenvalue weighted by Gasteiger charge is -2.44. The fraction of sp³-hybridized carbons (Fsp3) is 0.611. The molecule has 1 fully saturated rings. The predicted octanol–water partition coefficient (Wildman–Crippen LogP) is 0.877. The molecule has 30 heavy (non-hydrogen) atoms. The zero-order chi connectivity index (χ0) is 22.6. The van der Waals surface area contributed by atoms with Crippen molar-refractivity contribution < 1.29 is 43.1 Å². The van der Waals surface area contributed by atoms with E-state index in [0.717, 1.165) is 23.5 Å². The zero-order valence-corrected chi connectivity index (χ0v) is 17.7. The third kappa shape index (κ3) is 6.02. The first-order valence-electron chi connectivity index (χ1n) is 8.96. The summed E-state index contributed by atoms with van der Waals surface area (Å²) in [7, 11) is 0. The van der Waals surface area contributed by atoms with Crippen LogP contribution >= 0.6 is 23.5 Å². The summed E-state index contributed by atoms with van der Waals surface area (Å²) >= 11 is 2.14. The maximum absolute atomic E-state index is 12.9. The molecule has 0 radical (unpaired) electrons. The maximum atomic E-state index is 12.9. The van der Waals surface area contributed by atoms with Crippen LogP contribution in [0.1, 0.15) is 12.5 Å². The van der Waals surface area contributed by atoms with Crippen molar-refractivity contribution in [3.05, 3.63) is 29.8 Å². The summed E-state index contributed by atoms with van der Waals surface area (Å²) in [6.07, 6.45) is -9.80. The molecule has 0 saturated carbocycles. The third-order valence-electron chi connectivity index (χ3n) is 4.68.